The molecule has 0 aliphatic carbocycles. The van der Waals surface area contributed by atoms with Crippen molar-refractivity contribution in [3.63, 3.8) is 0 Å². The Balaban J connectivity index is 2.01. The highest BCUT2D eigenvalue weighted by Crippen LogP contribution is 2.21. The summed E-state index contributed by atoms with van der Waals surface area (Å²) in [5.41, 5.74) is 0.606. The van der Waals surface area contributed by atoms with E-state index in [-0.39, 0.29) is 11.7 Å². The number of rotatable bonds is 4. The average Bonchev–Trinajstić information content (AvgIpc) is 2.45. The molecule has 1 N–H and O–H groups in total. The van der Waals surface area contributed by atoms with Gasteiger partial charge in [0.2, 0.25) is 0 Å². The summed E-state index contributed by atoms with van der Waals surface area (Å²) in [4.78, 5) is 14.5. The number of halogens is 2. The summed E-state index contributed by atoms with van der Waals surface area (Å²) in [6.45, 7) is 6.79. The molecule has 0 aromatic heterocycles. The normalized spacial score (nSPS) is 19.1. The number of nitrogens with zero attached hydrogens (tertiary/aromatic N) is 1. The van der Waals surface area contributed by atoms with Crippen LogP contribution >= 0.6 is 22.6 Å². The Morgan fingerprint density at radius 2 is 2.29 bits per heavy atom. The maximum absolute atomic E-state index is 13.2. The van der Waals surface area contributed by atoms with Gasteiger partial charge in [-0.05, 0) is 66.1 Å². The second-order valence-corrected chi connectivity index (χ2v) is 7.11. The van der Waals surface area contributed by atoms with Gasteiger partial charge in [-0.1, -0.05) is 13.8 Å². The third kappa shape index (κ3) is 4.64. The van der Waals surface area contributed by atoms with Crippen molar-refractivity contribution in [2.24, 2.45) is 5.92 Å². The van der Waals surface area contributed by atoms with Gasteiger partial charge in [0.15, 0.2) is 0 Å². The van der Waals surface area contributed by atoms with Crippen LogP contribution in [0.5, 0.6) is 0 Å². The van der Waals surface area contributed by atoms with Crippen LogP contribution in [0.4, 0.5) is 4.39 Å². The van der Waals surface area contributed by atoms with E-state index >= 15 is 0 Å². The highest BCUT2D eigenvalue weighted by molar-refractivity contribution is 14.1. The van der Waals surface area contributed by atoms with E-state index in [2.05, 4.69) is 19.2 Å². The minimum absolute atomic E-state index is 0.0219. The number of hydrogen-bond donors (Lipinski definition) is 1. The predicted octanol–water partition coefficient (Wildman–Crippen LogP) is 3.28. The third-order valence-electron chi connectivity index (χ3n) is 3.78. The second-order valence-electron chi connectivity index (χ2n) is 5.95. The third-order valence-corrected chi connectivity index (χ3v) is 4.68. The number of likely N-dealkylation sites (tertiary alicyclic amines) is 1. The van der Waals surface area contributed by atoms with Gasteiger partial charge in [-0.2, -0.15) is 0 Å². The molecule has 0 bridgehead atoms. The molecule has 1 aromatic carbocycles. The van der Waals surface area contributed by atoms with Crippen LogP contribution in [0.3, 0.4) is 0 Å². The molecule has 21 heavy (non-hydrogen) atoms. The largest absolute Gasteiger partial charge is 0.338 e. The molecule has 1 aliphatic heterocycles. The van der Waals surface area contributed by atoms with Gasteiger partial charge in [-0.25, -0.2) is 4.39 Å². The standard InChI is InChI=1S/C16H22FIN2O/c1-11(2)19-9-12-4-3-7-20(10-12)16(21)14-6-5-13(17)8-15(14)18/h5-6,8,11-12,19H,3-4,7,9-10H2,1-2H3. The molecule has 1 aromatic rings. The number of benzene rings is 1. The van der Waals surface area contributed by atoms with Crippen molar-refractivity contribution in [3.05, 3.63) is 33.1 Å². The molecule has 1 fully saturated rings. The zero-order valence-corrected chi connectivity index (χ0v) is 14.7. The van der Waals surface area contributed by atoms with Crippen molar-refractivity contribution >= 4 is 28.5 Å². The predicted molar refractivity (Wildman–Crippen MR) is 90.9 cm³/mol. The van der Waals surface area contributed by atoms with Crippen LogP contribution in [0.1, 0.15) is 37.0 Å². The molecule has 3 nitrogen and oxygen atoms in total. The van der Waals surface area contributed by atoms with Gasteiger partial charge < -0.3 is 10.2 Å². The van der Waals surface area contributed by atoms with Crippen molar-refractivity contribution in [2.75, 3.05) is 19.6 Å². The molecular weight excluding hydrogens is 382 g/mol. The Morgan fingerprint density at radius 3 is 2.95 bits per heavy atom. The lowest BCUT2D eigenvalue weighted by molar-refractivity contribution is 0.0671. The van der Waals surface area contributed by atoms with Crippen molar-refractivity contribution in [1.82, 2.24) is 10.2 Å². The summed E-state index contributed by atoms with van der Waals surface area (Å²) in [5.74, 6) is 0.227. The summed E-state index contributed by atoms with van der Waals surface area (Å²) < 4.78 is 13.8. The zero-order chi connectivity index (χ0) is 15.4. The SMILES string of the molecule is CC(C)NCC1CCCN(C(=O)c2ccc(F)cc2I)C1. The molecule has 1 amide bonds. The van der Waals surface area contributed by atoms with E-state index < -0.39 is 0 Å². The Hall–Kier alpha value is -0.690. The maximum Gasteiger partial charge on any atom is 0.254 e. The second kappa shape index (κ2) is 7.54. The van der Waals surface area contributed by atoms with E-state index in [4.69, 9.17) is 0 Å². The molecular formula is C16H22FIN2O. The van der Waals surface area contributed by atoms with Crippen molar-refractivity contribution in [2.45, 2.75) is 32.7 Å². The number of amides is 1. The number of nitrogens with one attached hydrogen (secondary N) is 1. The Morgan fingerprint density at radius 1 is 1.52 bits per heavy atom. The Labute approximate surface area is 139 Å². The van der Waals surface area contributed by atoms with Crippen LogP contribution in [0.25, 0.3) is 0 Å². The smallest absolute Gasteiger partial charge is 0.254 e. The lowest BCUT2D eigenvalue weighted by atomic mass is 9.97. The van der Waals surface area contributed by atoms with Crippen molar-refractivity contribution in [3.8, 4) is 0 Å². The van der Waals surface area contributed by atoms with Gasteiger partial charge in [0.25, 0.3) is 5.91 Å². The molecule has 1 unspecified atom stereocenters. The van der Waals surface area contributed by atoms with Crippen LogP contribution in [0, 0.1) is 15.3 Å². The molecule has 1 aliphatic rings. The highest BCUT2D eigenvalue weighted by atomic mass is 127. The van der Waals surface area contributed by atoms with E-state index in [1.54, 1.807) is 6.07 Å². The molecule has 1 saturated heterocycles. The van der Waals surface area contributed by atoms with E-state index in [9.17, 15) is 9.18 Å². The van der Waals surface area contributed by atoms with Crippen molar-refractivity contribution < 1.29 is 9.18 Å². The fraction of sp³-hybridized carbons (Fsp3) is 0.562. The van der Waals surface area contributed by atoms with Gasteiger partial charge in [0.05, 0.1) is 5.56 Å². The summed E-state index contributed by atoms with van der Waals surface area (Å²) in [6, 6.07) is 4.83. The molecule has 0 saturated carbocycles. The quantitative estimate of drug-likeness (QED) is 0.782. The maximum atomic E-state index is 13.2. The lowest BCUT2D eigenvalue weighted by Crippen LogP contribution is -2.44. The van der Waals surface area contributed by atoms with Gasteiger partial charge in [0.1, 0.15) is 5.82 Å². The van der Waals surface area contributed by atoms with E-state index in [1.165, 1.54) is 12.1 Å². The molecule has 1 heterocycles. The average molecular weight is 404 g/mol. The van der Waals surface area contributed by atoms with Gasteiger partial charge in [-0.3, -0.25) is 4.79 Å². The fourth-order valence-electron chi connectivity index (χ4n) is 2.65. The van der Waals surface area contributed by atoms with Crippen LogP contribution in [0.15, 0.2) is 18.2 Å². The van der Waals surface area contributed by atoms with Gasteiger partial charge in [-0.15, -0.1) is 0 Å². The number of hydrogen-bond acceptors (Lipinski definition) is 2. The number of piperidine rings is 1. The summed E-state index contributed by atoms with van der Waals surface area (Å²) in [6.07, 6.45) is 2.19. The summed E-state index contributed by atoms with van der Waals surface area (Å²) in [7, 11) is 0. The Kier molecular flexibility index (Phi) is 5.98. The van der Waals surface area contributed by atoms with Gasteiger partial charge >= 0.3 is 0 Å². The first-order chi connectivity index (χ1) is 9.97. The van der Waals surface area contributed by atoms with Crippen LogP contribution in [-0.4, -0.2) is 36.5 Å². The van der Waals surface area contributed by atoms with Gasteiger partial charge in [0, 0.05) is 22.7 Å². The van der Waals surface area contributed by atoms with E-state index in [1.807, 2.05) is 27.5 Å². The minimum Gasteiger partial charge on any atom is -0.338 e. The first-order valence-electron chi connectivity index (χ1n) is 7.45. The minimum atomic E-state index is -0.298. The molecule has 2 rings (SSSR count). The number of carbonyl (C=O) groups excluding carboxylic acids is 1. The molecule has 0 radical (unpaired) electrons. The molecule has 5 heteroatoms. The number of carbonyl (C=O) groups is 1. The monoisotopic (exact) mass is 404 g/mol. The topological polar surface area (TPSA) is 32.3 Å². The van der Waals surface area contributed by atoms with E-state index in [0.717, 1.165) is 32.5 Å². The molecule has 116 valence electrons. The lowest BCUT2D eigenvalue weighted by Gasteiger charge is -2.33. The first kappa shape index (κ1) is 16.7. The van der Waals surface area contributed by atoms with Crippen LogP contribution in [0.2, 0.25) is 0 Å². The van der Waals surface area contributed by atoms with Crippen LogP contribution in [-0.2, 0) is 0 Å². The first-order valence-corrected chi connectivity index (χ1v) is 8.53. The summed E-state index contributed by atoms with van der Waals surface area (Å²) >= 11 is 2.03. The zero-order valence-electron chi connectivity index (χ0n) is 12.5. The Bertz CT molecular complexity index is 507. The summed E-state index contributed by atoms with van der Waals surface area (Å²) in [5, 5.41) is 3.44. The van der Waals surface area contributed by atoms with Crippen molar-refractivity contribution in [1.29, 1.82) is 0 Å². The highest BCUT2D eigenvalue weighted by Gasteiger charge is 2.25. The molecule has 1 atom stereocenters. The van der Waals surface area contributed by atoms with Crippen LogP contribution < -0.4 is 5.32 Å². The fourth-order valence-corrected chi connectivity index (χ4v) is 3.36. The van der Waals surface area contributed by atoms with E-state index in [0.29, 0.717) is 21.1 Å². The molecule has 0 spiro atoms.